The van der Waals surface area contributed by atoms with Gasteiger partial charge in [0.1, 0.15) is 11.6 Å². The van der Waals surface area contributed by atoms with Gasteiger partial charge in [0, 0.05) is 30.8 Å². The molecule has 1 saturated heterocycles. The van der Waals surface area contributed by atoms with Gasteiger partial charge in [0.05, 0.1) is 12.1 Å². The van der Waals surface area contributed by atoms with E-state index in [1.807, 2.05) is 32.0 Å². The van der Waals surface area contributed by atoms with Gasteiger partial charge >= 0.3 is 0 Å². The molecule has 0 radical (unpaired) electrons. The average molecular weight is 429 g/mol. The predicted molar refractivity (Wildman–Crippen MR) is 113 cm³/mol. The van der Waals surface area contributed by atoms with E-state index in [1.54, 1.807) is 0 Å². The Morgan fingerprint density at radius 1 is 1.03 bits per heavy atom. The molecule has 6 nitrogen and oxygen atoms in total. The molecular weight excluding hydrogens is 404 g/mol. The third-order valence-electron chi connectivity index (χ3n) is 5.48. The van der Waals surface area contributed by atoms with E-state index in [2.05, 4.69) is 10.6 Å². The largest absolute Gasteiger partial charge is 0.347 e. The fourth-order valence-electron chi connectivity index (χ4n) is 3.69. The topological polar surface area (TPSA) is 78.5 Å². The number of carbonyl (C=O) groups excluding carboxylic acids is 3. The zero-order valence-electron chi connectivity index (χ0n) is 17.5. The van der Waals surface area contributed by atoms with E-state index in [0.717, 1.165) is 28.9 Å². The number of anilines is 1. The van der Waals surface area contributed by atoms with E-state index in [1.165, 1.54) is 4.90 Å². The van der Waals surface area contributed by atoms with Gasteiger partial charge in [-0.1, -0.05) is 18.2 Å². The van der Waals surface area contributed by atoms with Crippen LogP contribution < -0.4 is 10.6 Å². The Hall–Kier alpha value is -3.29. The van der Waals surface area contributed by atoms with Gasteiger partial charge in [0.2, 0.25) is 11.8 Å². The molecule has 0 unspecified atom stereocenters. The lowest BCUT2D eigenvalue weighted by molar-refractivity contribution is -0.128. The Morgan fingerprint density at radius 2 is 1.68 bits per heavy atom. The second-order valence-corrected chi connectivity index (χ2v) is 7.72. The van der Waals surface area contributed by atoms with Crippen LogP contribution >= 0.6 is 0 Å². The molecule has 164 valence electrons. The summed E-state index contributed by atoms with van der Waals surface area (Å²) < 4.78 is 26.9. The van der Waals surface area contributed by atoms with E-state index >= 15 is 0 Å². The standard InChI is InChI=1S/C23H25F2N3O3/c1-14-4-3-5-15(2)21(14)27-20(29)13-26-22(30)16-8-10-28(11-9-16)23(31)18-7-6-17(24)12-19(18)25/h3-7,12,16H,8-11,13H2,1-2H3,(H,26,30)(H,27,29). The van der Waals surface area contributed by atoms with E-state index in [9.17, 15) is 23.2 Å². The molecule has 0 bridgehead atoms. The maximum Gasteiger partial charge on any atom is 0.256 e. The third kappa shape index (κ3) is 5.45. The van der Waals surface area contributed by atoms with Gasteiger partial charge in [-0.15, -0.1) is 0 Å². The zero-order chi connectivity index (χ0) is 22.5. The van der Waals surface area contributed by atoms with E-state index in [-0.39, 0.29) is 42.9 Å². The molecule has 8 heteroatoms. The summed E-state index contributed by atoms with van der Waals surface area (Å²) in [7, 11) is 0. The number of nitrogens with one attached hydrogen (secondary N) is 2. The van der Waals surface area contributed by atoms with Gasteiger partial charge in [-0.2, -0.15) is 0 Å². The molecule has 1 aliphatic rings. The highest BCUT2D eigenvalue weighted by Crippen LogP contribution is 2.21. The molecule has 0 saturated carbocycles. The minimum absolute atomic E-state index is 0.146. The summed E-state index contributed by atoms with van der Waals surface area (Å²) in [5.74, 6) is -3.08. The summed E-state index contributed by atoms with van der Waals surface area (Å²) in [5.41, 5.74) is 2.43. The number of halogens is 2. The van der Waals surface area contributed by atoms with Crippen molar-refractivity contribution in [3.05, 3.63) is 64.7 Å². The number of nitrogens with zero attached hydrogens (tertiary/aromatic N) is 1. The van der Waals surface area contributed by atoms with Crippen LogP contribution in [0.2, 0.25) is 0 Å². The summed E-state index contributed by atoms with van der Waals surface area (Å²) in [5, 5.41) is 5.46. The quantitative estimate of drug-likeness (QED) is 0.766. The number of carbonyl (C=O) groups is 3. The number of piperidine rings is 1. The second-order valence-electron chi connectivity index (χ2n) is 7.72. The monoisotopic (exact) mass is 429 g/mol. The fourth-order valence-corrected chi connectivity index (χ4v) is 3.69. The minimum Gasteiger partial charge on any atom is -0.347 e. The van der Waals surface area contributed by atoms with Crippen LogP contribution in [0, 0.1) is 31.4 Å². The molecule has 1 aliphatic heterocycles. The number of amides is 3. The van der Waals surface area contributed by atoms with Crippen LogP contribution in [0.4, 0.5) is 14.5 Å². The van der Waals surface area contributed by atoms with Crippen molar-refractivity contribution >= 4 is 23.4 Å². The first-order valence-corrected chi connectivity index (χ1v) is 10.1. The van der Waals surface area contributed by atoms with Crippen molar-refractivity contribution < 1.29 is 23.2 Å². The normalized spacial score (nSPS) is 14.3. The number of rotatable bonds is 5. The Labute approximate surface area is 179 Å². The maximum absolute atomic E-state index is 13.9. The highest BCUT2D eigenvalue weighted by atomic mass is 19.1. The Kier molecular flexibility index (Phi) is 6.99. The van der Waals surface area contributed by atoms with Crippen molar-refractivity contribution in [1.29, 1.82) is 0 Å². The summed E-state index contributed by atoms with van der Waals surface area (Å²) in [6.07, 6.45) is 0.803. The molecule has 31 heavy (non-hydrogen) atoms. The van der Waals surface area contributed by atoms with Crippen LogP contribution in [-0.4, -0.2) is 42.3 Å². The smallest absolute Gasteiger partial charge is 0.256 e. The maximum atomic E-state index is 13.9. The molecule has 1 heterocycles. The predicted octanol–water partition coefficient (Wildman–Crippen LogP) is 3.19. The molecular formula is C23H25F2N3O3. The van der Waals surface area contributed by atoms with E-state index in [0.29, 0.717) is 18.9 Å². The summed E-state index contributed by atoms with van der Waals surface area (Å²) >= 11 is 0. The number of likely N-dealkylation sites (tertiary alicyclic amines) is 1. The second kappa shape index (κ2) is 9.68. The summed E-state index contributed by atoms with van der Waals surface area (Å²) in [6.45, 7) is 4.21. The van der Waals surface area contributed by atoms with Crippen LogP contribution in [-0.2, 0) is 9.59 Å². The van der Waals surface area contributed by atoms with Gasteiger partial charge in [-0.3, -0.25) is 14.4 Å². The lowest BCUT2D eigenvalue weighted by atomic mass is 9.95. The Bertz CT molecular complexity index is 981. The summed E-state index contributed by atoms with van der Waals surface area (Å²) in [6, 6.07) is 8.54. The van der Waals surface area contributed by atoms with Crippen molar-refractivity contribution in [3.63, 3.8) is 0 Å². The average Bonchev–Trinajstić information content (AvgIpc) is 2.74. The lowest BCUT2D eigenvalue weighted by Gasteiger charge is -2.31. The van der Waals surface area contributed by atoms with Crippen LogP contribution in [0.15, 0.2) is 36.4 Å². The molecule has 3 amide bonds. The van der Waals surface area contributed by atoms with Crippen molar-refractivity contribution in [3.8, 4) is 0 Å². The molecule has 2 aromatic rings. The van der Waals surface area contributed by atoms with Crippen LogP contribution in [0.3, 0.4) is 0 Å². The zero-order valence-corrected chi connectivity index (χ0v) is 17.5. The molecule has 3 rings (SSSR count). The van der Waals surface area contributed by atoms with E-state index in [4.69, 9.17) is 0 Å². The van der Waals surface area contributed by atoms with Crippen molar-refractivity contribution in [1.82, 2.24) is 10.2 Å². The van der Waals surface area contributed by atoms with Crippen molar-refractivity contribution in [2.24, 2.45) is 5.92 Å². The van der Waals surface area contributed by atoms with Crippen LogP contribution in [0.1, 0.15) is 34.3 Å². The fraction of sp³-hybridized carbons (Fsp3) is 0.348. The first kappa shape index (κ1) is 22.4. The number of hydrogen-bond donors (Lipinski definition) is 2. The van der Waals surface area contributed by atoms with Gasteiger partial charge in [-0.25, -0.2) is 8.78 Å². The molecule has 2 aromatic carbocycles. The molecule has 0 aromatic heterocycles. The van der Waals surface area contributed by atoms with Crippen LogP contribution in [0.25, 0.3) is 0 Å². The lowest BCUT2D eigenvalue weighted by Crippen LogP contribution is -2.44. The van der Waals surface area contributed by atoms with Gasteiger partial charge in [0.15, 0.2) is 0 Å². The highest BCUT2D eigenvalue weighted by molar-refractivity contribution is 5.96. The number of para-hydroxylation sites is 1. The number of hydrogen-bond acceptors (Lipinski definition) is 3. The number of benzene rings is 2. The molecule has 0 spiro atoms. The van der Waals surface area contributed by atoms with Crippen LogP contribution in [0.5, 0.6) is 0 Å². The third-order valence-corrected chi connectivity index (χ3v) is 5.48. The van der Waals surface area contributed by atoms with E-state index < -0.39 is 17.5 Å². The highest BCUT2D eigenvalue weighted by Gasteiger charge is 2.29. The first-order chi connectivity index (χ1) is 14.8. The van der Waals surface area contributed by atoms with Gasteiger partial charge in [0.25, 0.3) is 5.91 Å². The SMILES string of the molecule is Cc1cccc(C)c1NC(=O)CNC(=O)C1CCN(C(=O)c2ccc(F)cc2F)CC1. The van der Waals surface area contributed by atoms with Gasteiger partial charge < -0.3 is 15.5 Å². The number of aryl methyl sites for hydroxylation is 2. The minimum atomic E-state index is -0.903. The summed E-state index contributed by atoms with van der Waals surface area (Å²) in [4.78, 5) is 38.6. The Morgan fingerprint density at radius 3 is 2.29 bits per heavy atom. The molecule has 2 N–H and O–H groups in total. The van der Waals surface area contributed by atoms with Gasteiger partial charge in [-0.05, 0) is 49.9 Å². The Balaban J connectivity index is 1.48. The van der Waals surface area contributed by atoms with Crippen molar-refractivity contribution in [2.45, 2.75) is 26.7 Å². The first-order valence-electron chi connectivity index (χ1n) is 10.1. The molecule has 1 fully saturated rings. The van der Waals surface area contributed by atoms with Crippen molar-refractivity contribution in [2.75, 3.05) is 25.0 Å². The molecule has 0 aliphatic carbocycles. The molecule has 0 atom stereocenters.